The fourth-order valence-electron chi connectivity index (χ4n) is 3.09. The van der Waals surface area contributed by atoms with Crippen LogP contribution in [0.25, 0.3) is 10.8 Å². The van der Waals surface area contributed by atoms with Gasteiger partial charge in [-0.1, -0.05) is 6.07 Å². The smallest absolute Gasteiger partial charge is 0.257 e. The van der Waals surface area contributed by atoms with E-state index in [2.05, 4.69) is 15.1 Å². The maximum Gasteiger partial charge on any atom is 0.257 e. The van der Waals surface area contributed by atoms with Gasteiger partial charge in [-0.25, -0.2) is 4.39 Å². The molecule has 0 saturated carbocycles. The summed E-state index contributed by atoms with van der Waals surface area (Å²) in [5, 5.41) is 10.0. The first-order valence-electron chi connectivity index (χ1n) is 8.83. The summed E-state index contributed by atoms with van der Waals surface area (Å²) in [5.74, 6) is 0.831. The summed E-state index contributed by atoms with van der Waals surface area (Å²) in [6.45, 7) is 2.78. The summed E-state index contributed by atoms with van der Waals surface area (Å²) < 4.78 is 18.7. The minimum atomic E-state index is -0.240. The van der Waals surface area contributed by atoms with E-state index in [1.807, 2.05) is 22.4 Å². The average molecular weight is 386 g/mol. The summed E-state index contributed by atoms with van der Waals surface area (Å²) in [6, 6.07) is 10.3. The number of amides is 1. The number of aryl methyl sites for hydroxylation is 1. The first-order chi connectivity index (χ1) is 13.2. The van der Waals surface area contributed by atoms with Crippen LogP contribution in [0.1, 0.15) is 12.3 Å². The van der Waals surface area contributed by atoms with Gasteiger partial charge in [0.1, 0.15) is 5.82 Å². The normalized spacial score (nSPS) is 14.6. The van der Waals surface area contributed by atoms with Gasteiger partial charge in [0, 0.05) is 44.7 Å². The van der Waals surface area contributed by atoms with Gasteiger partial charge in [0.25, 0.3) is 5.89 Å². The van der Waals surface area contributed by atoms with Crippen molar-refractivity contribution >= 4 is 22.9 Å². The Balaban J connectivity index is 1.27. The number of rotatable bonds is 5. The summed E-state index contributed by atoms with van der Waals surface area (Å²) in [4.78, 5) is 17.4. The number of aromatic nitrogens is 2. The standard InChI is InChI=1S/C19H19FN4O2S/c20-14-3-5-15(6-4-14)23-9-11-24(12-10-23)18(25)8-7-17-21-22-19(26-17)16-2-1-13-27-16/h1-6,13H,7-12H2. The van der Waals surface area contributed by atoms with Crippen molar-refractivity contribution < 1.29 is 13.6 Å². The molecule has 1 aromatic carbocycles. The molecule has 8 heteroatoms. The molecule has 0 atom stereocenters. The van der Waals surface area contributed by atoms with Crippen molar-refractivity contribution in [2.24, 2.45) is 0 Å². The monoisotopic (exact) mass is 386 g/mol. The number of hydrogen-bond donors (Lipinski definition) is 0. The lowest BCUT2D eigenvalue weighted by atomic mass is 10.2. The molecular weight excluding hydrogens is 367 g/mol. The van der Waals surface area contributed by atoms with E-state index in [-0.39, 0.29) is 11.7 Å². The van der Waals surface area contributed by atoms with E-state index >= 15 is 0 Å². The zero-order valence-electron chi connectivity index (χ0n) is 14.7. The predicted octanol–water partition coefficient (Wildman–Crippen LogP) is 3.22. The van der Waals surface area contributed by atoms with Crippen LogP contribution >= 0.6 is 11.3 Å². The van der Waals surface area contributed by atoms with Crippen LogP contribution in [0.4, 0.5) is 10.1 Å². The number of hydrogen-bond acceptors (Lipinski definition) is 6. The molecule has 1 saturated heterocycles. The van der Waals surface area contributed by atoms with Crippen LogP contribution in [0.2, 0.25) is 0 Å². The quantitative estimate of drug-likeness (QED) is 0.674. The Morgan fingerprint density at radius 2 is 1.89 bits per heavy atom. The van der Waals surface area contributed by atoms with Gasteiger partial charge in [-0.3, -0.25) is 4.79 Å². The number of nitrogens with zero attached hydrogens (tertiary/aromatic N) is 4. The molecule has 0 unspecified atom stereocenters. The van der Waals surface area contributed by atoms with Crippen LogP contribution in [0.15, 0.2) is 46.2 Å². The molecule has 140 valence electrons. The molecule has 27 heavy (non-hydrogen) atoms. The second kappa shape index (κ2) is 7.87. The van der Waals surface area contributed by atoms with Crippen molar-refractivity contribution in [3.63, 3.8) is 0 Å². The lowest BCUT2D eigenvalue weighted by Gasteiger charge is -2.36. The van der Waals surface area contributed by atoms with E-state index in [1.165, 1.54) is 23.5 Å². The highest BCUT2D eigenvalue weighted by molar-refractivity contribution is 7.13. The van der Waals surface area contributed by atoms with Gasteiger partial charge in [0.2, 0.25) is 11.8 Å². The van der Waals surface area contributed by atoms with Crippen LogP contribution in [0.3, 0.4) is 0 Å². The third kappa shape index (κ3) is 4.16. The molecule has 6 nitrogen and oxygen atoms in total. The van der Waals surface area contributed by atoms with Gasteiger partial charge in [0.15, 0.2) is 0 Å². The number of carbonyl (C=O) groups is 1. The van der Waals surface area contributed by atoms with Gasteiger partial charge in [-0.15, -0.1) is 21.5 Å². The van der Waals surface area contributed by atoms with Gasteiger partial charge in [-0.05, 0) is 35.7 Å². The van der Waals surface area contributed by atoms with Gasteiger partial charge in [-0.2, -0.15) is 0 Å². The van der Waals surface area contributed by atoms with Crippen molar-refractivity contribution in [3.8, 4) is 10.8 Å². The first kappa shape index (κ1) is 17.7. The Kier molecular flexibility index (Phi) is 5.15. The van der Waals surface area contributed by atoms with E-state index < -0.39 is 0 Å². The zero-order chi connectivity index (χ0) is 18.6. The molecule has 0 N–H and O–H groups in total. The minimum absolute atomic E-state index is 0.0876. The molecule has 0 spiro atoms. The Hall–Kier alpha value is -2.74. The average Bonchev–Trinajstić information content (AvgIpc) is 3.38. The molecule has 0 aliphatic carbocycles. The van der Waals surface area contributed by atoms with Gasteiger partial charge in [0.05, 0.1) is 4.88 Å². The van der Waals surface area contributed by atoms with Crippen molar-refractivity contribution in [2.45, 2.75) is 12.8 Å². The summed E-state index contributed by atoms with van der Waals surface area (Å²) >= 11 is 1.54. The van der Waals surface area contributed by atoms with Crippen molar-refractivity contribution in [1.29, 1.82) is 0 Å². The van der Waals surface area contributed by atoms with Crippen LogP contribution in [0.5, 0.6) is 0 Å². The molecule has 1 aliphatic rings. The number of anilines is 1. The molecule has 3 aromatic rings. The van der Waals surface area contributed by atoms with E-state index in [0.717, 1.165) is 23.7 Å². The molecule has 1 fully saturated rings. The van der Waals surface area contributed by atoms with E-state index in [4.69, 9.17) is 4.42 Å². The van der Waals surface area contributed by atoms with Crippen molar-refractivity contribution in [1.82, 2.24) is 15.1 Å². The Morgan fingerprint density at radius 3 is 2.59 bits per heavy atom. The predicted molar refractivity (Wildman–Crippen MR) is 101 cm³/mol. The minimum Gasteiger partial charge on any atom is -0.420 e. The lowest BCUT2D eigenvalue weighted by Crippen LogP contribution is -2.48. The molecular formula is C19H19FN4O2S. The van der Waals surface area contributed by atoms with Gasteiger partial charge >= 0.3 is 0 Å². The largest absolute Gasteiger partial charge is 0.420 e. The second-order valence-electron chi connectivity index (χ2n) is 6.32. The van der Waals surface area contributed by atoms with Crippen LogP contribution < -0.4 is 4.90 Å². The topological polar surface area (TPSA) is 62.5 Å². The molecule has 0 radical (unpaired) electrons. The summed E-state index contributed by atoms with van der Waals surface area (Å²) in [5.41, 5.74) is 0.982. The van der Waals surface area contributed by atoms with E-state index in [0.29, 0.717) is 37.7 Å². The Labute approximate surface area is 160 Å². The van der Waals surface area contributed by atoms with Crippen molar-refractivity contribution in [2.75, 3.05) is 31.1 Å². The maximum atomic E-state index is 13.0. The third-order valence-electron chi connectivity index (χ3n) is 4.58. The molecule has 3 heterocycles. The van der Waals surface area contributed by atoms with E-state index in [1.54, 1.807) is 12.1 Å². The second-order valence-corrected chi connectivity index (χ2v) is 7.27. The van der Waals surface area contributed by atoms with Crippen LogP contribution in [0, 0.1) is 5.82 Å². The Bertz CT molecular complexity index is 887. The molecule has 0 bridgehead atoms. The number of thiophene rings is 1. The summed E-state index contributed by atoms with van der Waals surface area (Å²) in [7, 11) is 0. The lowest BCUT2D eigenvalue weighted by molar-refractivity contribution is -0.131. The zero-order valence-corrected chi connectivity index (χ0v) is 15.5. The number of carbonyl (C=O) groups excluding carboxylic acids is 1. The number of benzene rings is 1. The van der Waals surface area contributed by atoms with Crippen molar-refractivity contribution in [3.05, 3.63) is 53.5 Å². The Morgan fingerprint density at radius 1 is 1.11 bits per heavy atom. The van der Waals surface area contributed by atoms with Gasteiger partial charge < -0.3 is 14.2 Å². The maximum absolute atomic E-state index is 13.0. The first-order valence-corrected chi connectivity index (χ1v) is 9.71. The van der Waals surface area contributed by atoms with Crippen LogP contribution in [-0.4, -0.2) is 47.2 Å². The number of piperazine rings is 1. The molecule has 1 aliphatic heterocycles. The fourth-order valence-corrected chi connectivity index (χ4v) is 3.74. The third-order valence-corrected chi connectivity index (χ3v) is 5.43. The number of halogens is 1. The highest BCUT2D eigenvalue weighted by Gasteiger charge is 2.22. The molecule has 4 rings (SSSR count). The summed E-state index contributed by atoms with van der Waals surface area (Å²) in [6.07, 6.45) is 0.790. The highest BCUT2D eigenvalue weighted by Crippen LogP contribution is 2.23. The molecule has 2 aromatic heterocycles. The fraction of sp³-hybridized carbons (Fsp3) is 0.316. The highest BCUT2D eigenvalue weighted by atomic mass is 32.1. The van der Waals surface area contributed by atoms with E-state index in [9.17, 15) is 9.18 Å². The SMILES string of the molecule is O=C(CCc1nnc(-c2cccs2)o1)N1CCN(c2ccc(F)cc2)CC1. The van der Waals surface area contributed by atoms with Crippen LogP contribution in [-0.2, 0) is 11.2 Å². The molecule has 1 amide bonds.